The first kappa shape index (κ1) is 15.5. The fourth-order valence-corrected chi connectivity index (χ4v) is 4.43. The third-order valence-corrected chi connectivity index (χ3v) is 5.64. The highest BCUT2D eigenvalue weighted by Crippen LogP contribution is 2.34. The van der Waals surface area contributed by atoms with Crippen LogP contribution in [0.4, 0.5) is 11.5 Å². The van der Waals surface area contributed by atoms with Gasteiger partial charge in [-0.2, -0.15) is 11.8 Å². The number of fused-ring (bicyclic) bond motifs is 3. The molecule has 4 rings (SSSR count). The van der Waals surface area contributed by atoms with Crippen LogP contribution in [0.25, 0.3) is 11.0 Å². The normalized spacial score (nSPS) is 13.9. The number of nitrogens with one attached hydrogen (secondary N) is 2. The fraction of sp³-hybridized carbons (Fsp3) is 0.368. The average molecular weight is 338 g/mol. The molecule has 1 aliphatic heterocycles. The van der Waals surface area contributed by atoms with Crippen molar-refractivity contribution < 1.29 is 0 Å². The van der Waals surface area contributed by atoms with E-state index in [1.165, 1.54) is 34.6 Å². The van der Waals surface area contributed by atoms with Crippen molar-refractivity contribution in [1.29, 1.82) is 0 Å². The number of hydrogen-bond donors (Lipinski definition) is 2. The Bertz CT molecular complexity index is 884. The van der Waals surface area contributed by atoms with Crippen LogP contribution in [0.3, 0.4) is 0 Å². The van der Waals surface area contributed by atoms with Crippen molar-refractivity contribution in [2.45, 2.75) is 38.9 Å². The summed E-state index contributed by atoms with van der Waals surface area (Å²) < 4.78 is 0. The Balaban J connectivity index is 1.72. The van der Waals surface area contributed by atoms with Crippen molar-refractivity contribution in [2.75, 3.05) is 11.1 Å². The molecule has 0 atom stereocenters. The third kappa shape index (κ3) is 2.77. The van der Waals surface area contributed by atoms with E-state index in [4.69, 9.17) is 0 Å². The van der Waals surface area contributed by atoms with Crippen LogP contribution in [0, 0.1) is 6.92 Å². The molecule has 3 heterocycles. The lowest BCUT2D eigenvalue weighted by atomic mass is 10.0. The number of anilines is 2. The predicted molar refractivity (Wildman–Crippen MR) is 102 cm³/mol. The number of hydrogen-bond acceptors (Lipinski definition) is 4. The van der Waals surface area contributed by atoms with Crippen molar-refractivity contribution in [1.82, 2.24) is 15.0 Å². The van der Waals surface area contributed by atoms with E-state index >= 15 is 0 Å². The van der Waals surface area contributed by atoms with Gasteiger partial charge in [0.1, 0.15) is 17.8 Å². The first-order chi connectivity index (χ1) is 11.8. The predicted octanol–water partition coefficient (Wildman–Crippen LogP) is 4.75. The standard InChI is InChI=1S/C19H22N4S/c1-3-4-13-5-6-14(9-12(13)2)22-18-17-15-10-24-8-7-16(15)23-19(17)21-11-20-18/h5-6,9,11H,3-4,7-8,10H2,1-2H3,(H2,20,21,22,23). The number of H-pyrrole nitrogens is 1. The van der Waals surface area contributed by atoms with Crippen LogP contribution < -0.4 is 5.32 Å². The zero-order valence-electron chi connectivity index (χ0n) is 14.1. The summed E-state index contributed by atoms with van der Waals surface area (Å²) in [5, 5.41) is 4.66. The zero-order valence-corrected chi connectivity index (χ0v) is 15.0. The molecule has 0 aliphatic carbocycles. The second-order valence-electron chi connectivity index (χ2n) is 6.35. The van der Waals surface area contributed by atoms with Gasteiger partial charge in [0.25, 0.3) is 0 Å². The molecule has 0 saturated heterocycles. The first-order valence-electron chi connectivity index (χ1n) is 8.55. The van der Waals surface area contributed by atoms with Gasteiger partial charge in [0, 0.05) is 17.1 Å². The maximum atomic E-state index is 4.52. The first-order valence-corrected chi connectivity index (χ1v) is 9.70. The summed E-state index contributed by atoms with van der Waals surface area (Å²) in [6.45, 7) is 4.40. The minimum Gasteiger partial charge on any atom is -0.343 e. The van der Waals surface area contributed by atoms with E-state index in [9.17, 15) is 0 Å². The molecule has 0 radical (unpaired) electrons. The van der Waals surface area contributed by atoms with E-state index < -0.39 is 0 Å². The molecule has 5 heteroatoms. The van der Waals surface area contributed by atoms with Crippen LogP contribution in [0.1, 0.15) is 35.7 Å². The largest absolute Gasteiger partial charge is 0.343 e. The van der Waals surface area contributed by atoms with E-state index in [1.807, 2.05) is 11.8 Å². The van der Waals surface area contributed by atoms with Crippen molar-refractivity contribution in [3.63, 3.8) is 0 Å². The van der Waals surface area contributed by atoms with E-state index in [-0.39, 0.29) is 0 Å². The summed E-state index contributed by atoms with van der Waals surface area (Å²) in [4.78, 5) is 12.4. The Morgan fingerprint density at radius 3 is 3.04 bits per heavy atom. The topological polar surface area (TPSA) is 53.6 Å². The van der Waals surface area contributed by atoms with Gasteiger partial charge in [-0.3, -0.25) is 0 Å². The summed E-state index contributed by atoms with van der Waals surface area (Å²) >= 11 is 1.98. The highest BCUT2D eigenvalue weighted by molar-refractivity contribution is 7.98. The fourth-order valence-electron chi connectivity index (χ4n) is 3.41. The molecule has 2 N–H and O–H groups in total. The van der Waals surface area contributed by atoms with E-state index in [2.05, 4.69) is 52.3 Å². The second kappa shape index (κ2) is 6.48. The van der Waals surface area contributed by atoms with Crippen LogP contribution in [0.2, 0.25) is 0 Å². The van der Waals surface area contributed by atoms with Crippen LogP contribution >= 0.6 is 11.8 Å². The van der Waals surface area contributed by atoms with Crippen molar-refractivity contribution in [3.8, 4) is 0 Å². The van der Waals surface area contributed by atoms with Crippen molar-refractivity contribution in [3.05, 3.63) is 46.9 Å². The minimum absolute atomic E-state index is 0.905. The minimum atomic E-state index is 0.905. The van der Waals surface area contributed by atoms with Gasteiger partial charge < -0.3 is 10.3 Å². The molecule has 2 aromatic heterocycles. The molecule has 4 nitrogen and oxygen atoms in total. The van der Waals surface area contributed by atoms with Gasteiger partial charge in [0.2, 0.25) is 0 Å². The van der Waals surface area contributed by atoms with Crippen LogP contribution in [-0.4, -0.2) is 20.7 Å². The summed E-state index contributed by atoms with van der Waals surface area (Å²) in [7, 11) is 0. The van der Waals surface area contributed by atoms with Crippen LogP contribution in [0.15, 0.2) is 24.5 Å². The lowest BCUT2D eigenvalue weighted by molar-refractivity contribution is 0.913. The number of nitrogens with zero attached hydrogens (tertiary/aromatic N) is 2. The molecule has 124 valence electrons. The molecule has 24 heavy (non-hydrogen) atoms. The maximum Gasteiger partial charge on any atom is 0.143 e. The van der Waals surface area contributed by atoms with Gasteiger partial charge in [-0.25, -0.2) is 9.97 Å². The van der Waals surface area contributed by atoms with Gasteiger partial charge in [-0.15, -0.1) is 0 Å². The molecule has 1 aromatic carbocycles. The smallest absolute Gasteiger partial charge is 0.143 e. The van der Waals surface area contributed by atoms with Gasteiger partial charge >= 0.3 is 0 Å². The van der Waals surface area contributed by atoms with Gasteiger partial charge in [0.15, 0.2) is 0 Å². The summed E-state index contributed by atoms with van der Waals surface area (Å²) in [6.07, 6.45) is 5.03. The Kier molecular flexibility index (Phi) is 4.19. The second-order valence-corrected chi connectivity index (χ2v) is 7.45. The number of benzene rings is 1. The SMILES string of the molecule is CCCc1ccc(Nc2ncnc3[nH]c4c(c23)CSCC4)cc1C. The maximum absolute atomic E-state index is 4.52. The molecular formula is C19H22N4S. The number of aromatic amines is 1. The molecule has 0 fully saturated rings. The quantitative estimate of drug-likeness (QED) is 0.721. The summed E-state index contributed by atoms with van der Waals surface area (Å²) in [5.41, 5.74) is 7.47. The summed E-state index contributed by atoms with van der Waals surface area (Å²) in [6, 6.07) is 6.59. The van der Waals surface area contributed by atoms with E-state index in [1.54, 1.807) is 6.33 Å². The Hall–Kier alpha value is -2.01. The van der Waals surface area contributed by atoms with E-state index in [0.717, 1.165) is 41.1 Å². The molecule has 0 bridgehead atoms. The number of thioether (sulfide) groups is 1. The molecule has 0 saturated carbocycles. The van der Waals surface area contributed by atoms with Gasteiger partial charge in [-0.05, 0) is 54.3 Å². The van der Waals surface area contributed by atoms with Gasteiger partial charge in [0.05, 0.1) is 5.39 Å². The molecule has 0 amide bonds. The van der Waals surface area contributed by atoms with Crippen molar-refractivity contribution >= 4 is 34.3 Å². The number of rotatable bonds is 4. The monoisotopic (exact) mass is 338 g/mol. The van der Waals surface area contributed by atoms with E-state index in [0.29, 0.717) is 0 Å². The molecule has 0 unspecified atom stereocenters. The highest BCUT2D eigenvalue weighted by Gasteiger charge is 2.19. The van der Waals surface area contributed by atoms with Crippen LogP contribution in [0.5, 0.6) is 0 Å². The highest BCUT2D eigenvalue weighted by atomic mass is 32.2. The molecular weight excluding hydrogens is 316 g/mol. The van der Waals surface area contributed by atoms with Crippen molar-refractivity contribution in [2.24, 2.45) is 0 Å². The van der Waals surface area contributed by atoms with Gasteiger partial charge in [-0.1, -0.05) is 19.4 Å². The van der Waals surface area contributed by atoms with Crippen LogP contribution in [-0.2, 0) is 18.6 Å². The zero-order chi connectivity index (χ0) is 16.5. The summed E-state index contributed by atoms with van der Waals surface area (Å²) in [5.74, 6) is 3.11. The lowest BCUT2D eigenvalue weighted by Crippen LogP contribution is -2.01. The molecule has 3 aromatic rings. The number of aromatic nitrogens is 3. The Morgan fingerprint density at radius 1 is 1.29 bits per heavy atom. The molecule has 1 aliphatic rings. The molecule has 0 spiro atoms. The Labute approximate surface area is 146 Å². The average Bonchev–Trinajstić information content (AvgIpc) is 2.97. The lowest BCUT2D eigenvalue weighted by Gasteiger charge is -2.13. The Morgan fingerprint density at radius 2 is 2.21 bits per heavy atom. The third-order valence-electron chi connectivity index (χ3n) is 4.65. The number of aryl methyl sites for hydroxylation is 3.